The molecular weight excluding hydrogens is 476 g/mol. The molecule has 6 aliphatic rings. The summed E-state index contributed by atoms with van der Waals surface area (Å²) in [6.07, 6.45) is 9.50. The molecule has 2 saturated heterocycles. The SMILES string of the molecule is C=C(CCC1(C)OC2OC34C(Cl)CC5CC(C)CCC5(C)C3CCC23C1CC(=O)C34)C(C)C.O=C=O. The minimum absolute atomic E-state index is 0.0755. The van der Waals surface area contributed by atoms with Gasteiger partial charge >= 0.3 is 6.15 Å². The van der Waals surface area contributed by atoms with E-state index in [0.29, 0.717) is 30.0 Å². The van der Waals surface area contributed by atoms with Crippen LogP contribution in [-0.2, 0) is 23.9 Å². The highest BCUT2D eigenvalue weighted by Crippen LogP contribution is 2.78. The zero-order valence-corrected chi connectivity index (χ0v) is 23.4. The van der Waals surface area contributed by atoms with Crippen LogP contribution in [0.25, 0.3) is 0 Å². The van der Waals surface area contributed by atoms with Gasteiger partial charge in [-0.3, -0.25) is 4.79 Å². The van der Waals surface area contributed by atoms with Crippen molar-refractivity contribution >= 4 is 23.5 Å². The average Bonchev–Trinajstić information content (AvgIpc) is 3.32. The summed E-state index contributed by atoms with van der Waals surface area (Å²) in [5, 5.41) is -0.0862. The molecule has 4 saturated carbocycles. The fourth-order valence-corrected chi connectivity index (χ4v) is 10.6. The second-order valence-corrected chi connectivity index (χ2v) is 14.3. The second kappa shape index (κ2) is 8.76. The summed E-state index contributed by atoms with van der Waals surface area (Å²) >= 11 is 7.33. The lowest BCUT2D eigenvalue weighted by Gasteiger charge is -2.63. The average molecular weight is 519 g/mol. The molecule has 4 aliphatic carbocycles. The molecule has 2 bridgehead atoms. The normalized spacial score (nSPS) is 52.1. The van der Waals surface area contributed by atoms with E-state index < -0.39 is 5.60 Å². The first-order valence-electron chi connectivity index (χ1n) is 14.1. The van der Waals surface area contributed by atoms with Crippen LogP contribution in [0.4, 0.5) is 0 Å². The van der Waals surface area contributed by atoms with Crippen molar-refractivity contribution in [2.45, 2.75) is 115 Å². The molecule has 2 aliphatic heterocycles. The van der Waals surface area contributed by atoms with E-state index in [1.165, 1.54) is 24.8 Å². The van der Waals surface area contributed by atoms with Gasteiger partial charge in [-0.05, 0) is 81.0 Å². The number of ketones is 1. The first kappa shape index (κ1) is 26.6. The largest absolute Gasteiger partial charge is 0.373 e. The van der Waals surface area contributed by atoms with Gasteiger partial charge in [0, 0.05) is 17.8 Å². The Bertz CT molecular complexity index is 972. The van der Waals surface area contributed by atoms with Gasteiger partial charge in [-0.2, -0.15) is 9.59 Å². The molecule has 0 aromatic rings. The van der Waals surface area contributed by atoms with Crippen molar-refractivity contribution in [1.29, 1.82) is 0 Å². The van der Waals surface area contributed by atoms with Crippen molar-refractivity contribution in [3.63, 3.8) is 0 Å². The Hall–Kier alpha value is -1.00. The summed E-state index contributed by atoms with van der Waals surface area (Å²) in [5.41, 5.74) is 0.499. The molecule has 11 unspecified atom stereocenters. The molecule has 0 N–H and O–H groups in total. The maximum Gasteiger partial charge on any atom is 0.373 e. The molecule has 0 amide bonds. The number of hydrogen-bond donors (Lipinski definition) is 0. The molecule has 0 aromatic heterocycles. The van der Waals surface area contributed by atoms with Crippen LogP contribution in [0.5, 0.6) is 0 Å². The monoisotopic (exact) mass is 518 g/mol. The van der Waals surface area contributed by atoms with Gasteiger partial charge < -0.3 is 9.47 Å². The smallest absolute Gasteiger partial charge is 0.346 e. The van der Waals surface area contributed by atoms with Crippen LogP contribution in [0.2, 0.25) is 0 Å². The summed E-state index contributed by atoms with van der Waals surface area (Å²) in [6, 6.07) is 0. The summed E-state index contributed by atoms with van der Waals surface area (Å²) in [6.45, 7) is 15.9. The quantitative estimate of drug-likeness (QED) is 0.321. The summed E-state index contributed by atoms with van der Waals surface area (Å²) in [7, 11) is 0. The molecule has 6 heteroatoms. The highest BCUT2D eigenvalue weighted by Gasteiger charge is 2.84. The maximum absolute atomic E-state index is 13.9. The molecule has 0 radical (unpaired) electrons. The topological polar surface area (TPSA) is 69.7 Å². The van der Waals surface area contributed by atoms with Crippen LogP contribution < -0.4 is 0 Å². The first-order chi connectivity index (χ1) is 16.9. The lowest BCUT2D eigenvalue weighted by Crippen LogP contribution is -2.67. The molecule has 6 fully saturated rings. The Kier molecular flexibility index (Phi) is 6.48. The summed E-state index contributed by atoms with van der Waals surface area (Å²) in [5.74, 6) is 2.87. The third-order valence-electron chi connectivity index (χ3n) is 12.0. The van der Waals surface area contributed by atoms with Gasteiger partial charge in [0.25, 0.3) is 0 Å². The number of fused-ring (bicyclic) bond motifs is 2. The Labute approximate surface area is 221 Å². The highest BCUT2D eigenvalue weighted by atomic mass is 35.5. The molecule has 0 aromatic carbocycles. The molecule has 36 heavy (non-hydrogen) atoms. The third kappa shape index (κ3) is 3.31. The Balaban J connectivity index is 0.000000848. The lowest BCUT2D eigenvalue weighted by atomic mass is 9.43. The standard InChI is InChI=1S/C29H43ClO3.CO2/c1-16(2)18(4)8-11-27(6)22-15-20(31)24-28(22)12-9-21-26(5)10-7-17(3)13-19(26)14-23(30)29(21,24)33-25(28)32-27;2-1-3/h16-17,19,21-25H,4,7-15H2,1-3,5-6H3;. The highest BCUT2D eigenvalue weighted by molar-refractivity contribution is 6.22. The van der Waals surface area contributed by atoms with Crippen molar-refractivity contribution in [2.75, 3.05) is 0 Å². The van der Waals surface area contributed by atoms with E-state index in [2.05, 4.69) is 41.2 Å². The van der Waals surface area contributed by atoms with Crippen molar-refractivity contribution in [2.24, 2.45) is 46.3 Å². The minimum atomic E-state index is -0.523. The fraction of sp³-hybridized carbons (Fsp3) is 0.867. The molecule has 2 heterocycles. The zero-order chi connectivity index (χ0) is 26.3. The second-order valence-electron chi connectivity index (χ2n) is 13.8. The number of carbonyl (C=O) groups excluding carboxylic acids is 3. The Morgan fingerprint density at radius 3 is 2.50 bits per heavy atom. The van der Waals surface area contributed by atoms with Crippen LogP contribution in [0.15, 0.2) is 12.2 Å². The number of halogens is 1. The van der Waals surface area contributed by atoms with E-state index in [1.807, 2.05) is 0 Å². The van der Waals surface area contributed by atoms with Gasteiger partial charge in [0.15, 0.2) is 6.29 Å². The van der Waals surface area contributed by atoms with E-state index in [-0.39, 0.29) is 46.1 Å². The fourth-order valence-electron chi connectivity index (χ4n) is 10.1. The summed E-state index contributed by atoms with van der Waals surface area (Å²) < 4.78 is 14.0. The Morgan fingerprint density at radius 2 is 1.83 bits per heavy atom. The number of Topliss-reactive ketones (excluding diaryl/α,β-unsaturated/α-hetero) is 1. The van der Waals surface area contributed by atoms with Gasteiger partial charge in [-0.1, -0.05) is 46.3 Å². The van der Waals surface area contributed by atoms with Gasteiger partial charge in [0.2, 0.25) is 0 Å². The first-order valence-corrected chi connectivity index (χ1v) is 14.5. The van der Waals surface area contributed by atoms with Gasteiger partial charge in [0.1, 0.15) is 11.4 Å². The van der Waals surface area contributed by atoms with Crippen molar-refractivity contribution in [3.8, 4) is 0 Å². The van der Waals surface area contributed by atoms with E-state index in [9.17, 15) is 4.79 Å². The van der Waals surface area contributed by atoms with Crippen molar-refractivity contribution in [1.82, 2.24) is 0 Å². The number of allylic oxidation sites excluding steroid dienone is 1. The van der Waals surface area contributed by atoms with Crippen molar-refractivity contribution in [3.05, 3.63) is 12.2 Å². The zero-order valence-electron chi connectivity index (χ0n) is 22.6. The maximum atomic E-state index is 13.9. The summed E-state index contributed by atoms with van der Waals surface area (Å²) in [4.78, 5) is 30.1. The van der Waals surface area contributed by atoms with Gasteiger partial charge in [-0.15, -0.1) is 11.6 Å². The molecule has 5 nitrogen and oxygen atoms in total. The minimum Gasteiger partial charge on any atom is -0.346 e. The lowest BCUT2D eigenvalue weighted by molar-refractivity contribution is -0.244. The van der Waals surface area contributed by atoms with Crippen LogP contribution in [0.3, 0.4) is 0 Å². The van der Waals surface area contributed by atoms with E-state index >= 15 is 0 Å². The van der Waals surface area contributed by atoms with E-state index in [0.717, 1.165) is 38.0 Å². The molecule has 11 atom stereocenters. The van der Waals surface area contributed by atoms with Gasteiger partial charge in [-0.25, -0.2) is 0 Å². The Morgan fingerprint density at radius 1 is 1.14 bits per heavy atom. The van der Waals surface area contributed by atoms with Crippen LogP contribution in [-0.4, -0.2) is 34.8 Å². The van der Waals surface area contributed by atoms with E-state index in [4.69, 9.17) is 30.7 Å². The number of rotatable bonds is 4. The predicted octanol–water partition coefficient (Wildman–Crippen LogP) is 6.33. The van der Waals surface area contributed by atoms with E-state index in [1.54, 1.807) is 0 Å². The van der Waals surface area contributed by atoms with Crippen LogP contribution >= 0.6 is 11.6 Å². The molecular formula is C30H43ClO5. The molecule has 6 rings (SSSR count). The number of ether oxygens (including phenoxy) is 2. The van der Waals surface area contributed by atoms with Crippen molar-refractivity contribution < 1.29 is 23.9 Å². The number of carbonyl (C=O) groups is 1. The molecule has 2 spiro atoms. The third-order valence-corrected chi connectivity index (χ3v) is 12.5. The predicted molar refractivity (Wildman–Crippen MR) is 136 cm³/mol. The number of hydrogen-bond acceptors (Lipinski definition) is 5. The van der Waals surface area contributed by atoms with Crippen LogP contribution in [0.1, 0.15) is 92.4 Å². The van der Waals surface area contributed by atoms with Crippen LogP contribution in [0, 0.1) is 46.3 Å². The molecule has 200 valence electrons. The van der Waals surface area contributed by atoms with Gasteiger partial charge in [0.05, 0.1) is 16.9 Å². The number of alkyl halides is 1.